The molecule has 1 aromatic carbocycles. The van der Waals surface area contributed by atoms with Crippen molar-refractivity contribution in [2.45, 2.75) is 26.3 Å². The molecule has 0 spiro atoms. The highest BCUT2D eigenvalue weighted by Gasteiger charge is 2.14. The molecule has 2 aromatic rings. The molecule has 0 bridgehead atoms. The summed E-state index contributed by atoms with van der Waals surface area (Å²) in [4.78, 5) is 4.31. The minimum atomic E-state index is -0.176. The molecule has 0 saturated carbocycles. The molecule has 4 heteroatoms. The highest BCUT2D eigenvalue weighted by molar-refractivity contribution is 5.58. The molecule has 0 amide bonds. The number of nitrogens with zero attached hydrogens (tertiary/aromatic N) is 2. The number of benzene rings is 1. The van der Waals surface area contributed by atoms with Gasteiger partial charge in [0, 0.05) is 5.56 Å². The normalized spacial score (nSPS) is 12.7. The standard InChI is InChI=1S/C12H15N3O/c1-3-10(13)12-14-11(15-16-12)9-7-5-4-6-8(9)2/h4-7,10H,3,13H2,1-2H3/t10-/m1/s1. The molecule has 84 valence electrons. The van der Waals surface area contributed by atoms with Crippen LogP contribution >= 0.6 is 0 Å². The van der Waals surface area contributed by atoms with E-state index >= 15 is 0 Å². The second-order valence-electron chi connectivity index (χ2n) is 3.79. The topological polar surface area (TPSA) is 64.9 Å². The van der Waals surface area contributed by atoms with Crippen LogP contribution in [0.5, 0.6) is 0 Å². The molecule has 2 N–H and O–H groups in total. The Hall–Kier alpha value is -1.68. The van der Waals surface area contributed by atoms with Gasteiger partial charge in [-0.15, -0.1) is 0 Å². The smallest absolute Gasteiger partial charge is 0.243 e. The molecule has 1 heterocycles. The van der Waals surface area contributed by atoms with Gasteiger partial charge in [-0.05, 0) is 18.9 Å². The van der Waals surface area contributed by atoms with E-state index in [1.807, 2.05) is 38.1 Å². The zero-order valence-electron chi connectivity index (χ0n) is 9.47. The molecule has 0 aliphatic carbocycles. The van der Waals surface area contributed by atoms with Crippen molar-refractivity contribution in [3.05, 3.63) is 35.7 Å². The lowest BCUT2D eigenvalue weighted by Crippen LogP contribution is -2.08. The molecule has 16 heavy (non-hydrogen) atoms. The van der Waals surface area contributed by atoms with Crippen LogP contribution in [0.25, 0.3) is 11.4 Å². The van der Waals surface area contributed by atoms with Gasteiger partial charge in [0.05, 0.1) is 6.04 Å². The summed E-state index contributed by atoms with van der Waals surface area (Å²) in [5, 5.41) is 3.95. The maximum absolute atomic E-state index is 5.83. The van der Waals surface area contributed by atoms with Crippen LogP contribution in [0.4, 0.5) is 0 Å². The second kappa shape index (κ2) is 4.45. The van der Waals surface area contributed by atoms with Crippen LogP contribution in [0.15, 0.2) is 28.8 Å². The summed E-state index contributed by atoms with van der Waals surface area (Å²) in [5.74, 6) is 1.11. The van der Waals surface area contributed by atoms with Crippen LogP contribution < -0.4 is 5.73 Å². The number of hydrogen-bond acceptors (Lipinski definition) is 4. The molecule has 1 aromatic heterocycles. The number of aromatic nitrogens is 2. The van der Waals surface area contributed by atoms with E-state index in [9.17, 15) is 0 Å². The fraction of sp³-hybridized carbons (Fsp3) is 0.333. The SMILES string of the molecule is CC[C@@H](N)c1nc(-c2ccccc2C)no1. The quantitative estimate of drug-likeness (QED) is 0.857. The lowest BCUT2D eigenvalue weighted by molar-refractivity contribution is 0.352. The highest BCUT2D eigenvalue weighted by Crippen LogP contribution is 2.21. The molecule has 0 radical (unpaired) electrons. The third kappa shape index (κ3) is 1.97. The first kappa shape index (κ1) is 10.8. The Morgan fingerprint density at radius 1 is 1.38 bits per heavy atom. The molecule has 1 atom stereocenters. The number of aryl methyl sites for hydroxylation is 1. The van der Waals surface area contributed by atoms with Crippen molar-refractivity contribution in [2.75, 3.05) is 0 Å². The predicted octanol–water partition coefficient (Wildman–Crippen LogP) is 2.45. The van der Waals surface area contributed by atoms with Crippen LogP contribution in [0.1, 0.15) is 30.8 Å². The fourth-order valence-electron chi connectivity index (χ4n) is 1.49. The first-order valence-electron chi connectivity index (χ1n) is 5.37. The van der Waals surface area contributed by atoms with Crippen molar-refractivity contribution in [1.29, 1.82) is 0 Å². The molecule has 4 nitrogen and oxygen atoms in total. The predicted molar refractivity (Wildman–Crippen MR) is 61.7 cm³/mol. The van der Waals surface area contributed by atoms with Gasteiger partial charge in [0.15, 0.2) is 0 Å². The van der Waals surface area contributed by atoms with Crippen molar-refractivity contribution in [3.63, 3.8) is 0 Å². The third-order valence-corrected chi connectivity index (χ3v) is 2.58. The second-order valence-corrected chi connectivity index (χ2v) is 3.79. The lowest BCUT2D eigenvalue weighted by Gasteiger charge is -2.00. The molecule has 0 aliphatic heterocycles. The van der Waals surface area contributed by atoms with Crippen molar-refractivity contribution in [1.82, 2.24) is 10.1 Å². The molecule has 0 fully saturated rings. The molecule has 0 saturated heterocycles. The van der Waals surface area contributed by atoms with Crippen molar-refractivity contribution in [3.8, 4) is 11.4 Å². The van der Waals surface area contributed by atoms with E-state index in [0.717, 1.165) is 17.5 Å². The van der Waals surface area contributed by atoms with Gasteiger partial charge in [0.1, 0.15) is 0 Å². The number of nitrogens with two attached hydrogens (primary N) is 1. The highest BCUT2D eigenvalue weighted by atomic mass is 16.5. The third-order valence-electron chi connectivity index (χ3n) is 2.58. The average molecular weight is 217 g/mol. The van der Waals surface area contributed by atoms with E-state index in [1.54, 1.807) is 0 Å². The van der Waals surface area contributed by atoms with Gasteiger partial charge in [-0.1, -0.05) is 36.3 Å². The average Bonchev–Trinajstić information content (AvgIpc) is 2.78. The Morgan fingerprint density at radius 3 is 2.81 bits per heavy atom. The van der Waals surface area contributed by atoms with E-state index in [0.29, 0.717) is 11.7 Å². The summed E-state index contributed by atoms with van der Waals surface area (Å²) in [6, 6.07) is 7.76. The zero-order valence-corrected chi connectivity index (χ0v) is 9.47. The van der Waals surface area contributed by atoms with Crippen LogP contribution in [-0.2, 0) is 0 Å². The summed E-state index contributed by atoms with van der Waals surface area (Å²) in [7, 11) is 0. The van der Waals surface area contributed by atoms with E-state index < -0.39 is 0 Å². The monoisotopic (exact) mass is 217 g/mol. The van der Waals surface area contributed by atoms with Gasteiger partial charge in [-0.25, -0.2) is 0 Å². The van der Waals surface area contributed by atoms with Crippen LogP contribution in [0.3, 0.4) is 0 Å². The van der Waals surface area contributed by atoms with E-state index in [-0.39, 0.29) is 6.04 Å². The van der Waals surface area contributed by atoms with Gasteiger partial charge >= 0.3 is 0 Å². The summed E-state index contributed by atoms with van der Waals surface area (Å²) in [6.45, 7) is 4.01. The van der Waals surface area contributed by atoms with E-state index in [4.69, 9.17) is 10.3 Å². The number of hydrogen-bond donors (Lipinski definition) is 1. The zero-order chi connectivity index (χ0) is 11.5. The van der Waals surface area contributed by atoms with Crippen LogP contribution in [0, 0.1) is 6.92 Å². The molecular formula is C12H15N3O. The molecule has 2 rings (SSSR count). The Labute approximate surface area is 94.5 Å². The van der Waals surface area contributed by atoms with Gasteiger partial charge in [0.2, 0.25) is 11.7 Å². The Balaban J connectivity index is 2.35. The van der Waals surface area contributed by atoms with Gasteiger partial charge < -0.3 is 10.3 Å². The molecular weight excluding hydrogens is 202 g/mol. The molecule has 0 unspecified atom stereocenters. The maximum Gasteiger partial charge on any atom is 0.243 e. The Morgan fingerprint density at radius 2 is 2.12 bits per heavy atom. The van der Waals surface area contributed by atoms with Crippen LogP contribution in [-0.4, -0.2) is 10.1 Å². The summed E-state index contributed by atoms with van der Waals surface area (Å²) >= 11 is 0. The first-order chi connectivity index (χ1) is 7.72. The molecule has 0 aliphatic rings. The number of rotatable bonds is 3. The minimum Gasteiger partial charge on any atom is -0.337 e. The van der Waals surface area contributed by atoms with Gasteiger partial charge in [0.25, 0.3) is 0 Å². The summed E-state index contributed by atoms with van der Waals surface area (Å²) < 4.78 is 5.14. The summed E-state index contributed by atoms with van der Waals surface area (Å²) in [6.07, 6.45) is 0.787. The van der Waals surface area contributed by atoms with Crippen molar-refractivity contribution in [2.24, 2.45) is 5.73 Å². The first-order valence-corrected chi connectivity index (χ1v) is 5.37. The lowest BCUT2D eigenvalue weighted by atomic mass is 10.1. The summed E-state index contributed by atoms with van der Waals surface area (Å²) in [5.41, 5.74) is 7.94. The van der Waals surface area contributed by atoms with Crippen molar-refractivity contribution >= 4 is 0 Å². The van der Waals surface area contributed by atoms with E-state index in [2.05, 4.69) is 10.1 Å². The van der Waals surface area contributed by atoms with Crippen molar-refractivity contribution < 1.29 is 4.52 Å². The van der Waals surface area contributed by atoms with E-state index in [1.165, 1.54) is 0 Å². The Kier molecular flexibility index (Phi) is 3.01. The minimum absolute atomic E-state index is 0.176. The maximum atomic E-state index is 5.83. The fourth-order valence-corrected chi connectivity index (χ4v) is 1.49. The van der Waals surface area contributed by atoms with Gasteiger partial charge in [-0.2, -0.15) is 4.98 Å². The largest absolute Gasteiger partial charge is 0.337 e. The Bertz CT molecular complexity index is 479. The van der Waals surface area contributed by atoms with Crippen LogP contribution in [0.2, 0.25) is 0 Å². The van der Waals surface area contributed by atoms with Gasteiger partial charge in [-0.3, -0.25) is 0 Å².